The molecule has 170 valence electrons. The number of carbonyl (C=O) groups is 1. The summed E-state index contributed by atoms with van der Waals surface area (Å²) >= 11 is 0. The fraction of sp³-hybridized carbons (Fsp3) is 0.520. The van der Waals surface area contributed by atoms with Gasteiger partial charge in [0, 0.05) is 38.3 Å². The topological polar surface area (TPSA) is 57.7 Å². The van der Waals surface area contributed by atoms with Crippen molar-refractivity contribution < 1.29 is 13.9 Å². The highest BCUT2D eigenvalue weighted by molar-refractivity contribution is 5.92. The molecule has 1 amide bonds. The number of nitrogens with zero attached hydrogens (tertiary/aromatic N) is 3. The molecule has 1 aromatic carbocycles. The number of unbranched alkanes of at least 4 members (excludes halogenated alkanes) is 1. The van der Waals surface area contributed by atoms with Crippen molar-refractivity contribution in [2.24, 2.45) is 0 Å². The van der Waals surface area contributed by atoms with E-state index in [1.165, 1.54) is 36.6 Å². The lowest BCUT2D eigenvalue weighted by molar-refractivity contribution is -0.116. The van der Waals surface area contributed by atoms with E-state index in [1.54, 1.807) is 5.56 Å². The Kier molecular flexibility index (Phi) is 6.26. The van der Waals surface area contributed by atoms with Crippen LogP contribution in [0.4, 0.5) is 15.9 Å². The first-order valence-corrected chi connectivity index (χ1v) is 11.9. The number of carbonyl (C=O) groups excluding carboxylic acids is 1. The van der Waals surface area contributed by atoms with Crippen molar-refractivity contribution in [2.45, 2.75) is 44.9 Å². The lowest BCUT2D eigenvalue weighted by Crippen LogP contribution is -2.47. The van der Waals surface area contributed by atoms with Gasteiger partial charge >= 0.3 is 0 Å². The fourth-order valence-electron chi connectivity index (χ4n) is 5.07. The summed E-state index contributed by atoms with van der Waals surface area (Å²) in [6.45, 7) is 5.75. The predicted octanol–water partition coefficient (Wildman–Crippen LogP) is 3.58. The SMILES string of the molecule is O=C1CCc2cc(F)c(OCCCCN3CCN(c4cccc5c4CCC5)CC3)nc2N1. The van der Waals surface area contributed by atoms with Crippen molar-refractivity contribution in [3.05, 3.63) is 46.8 Å². The Morgan fingerprint density at radius 1 is 1.03 bits per heavy atom. The Hall–Kier alpha value is -2.67. The van der Waals surface area contributed by atoms with Gasteiger partial charge in [0.1, 0.15) is 5.82 Å². The number of fused-ring (bicyclic) bond motifs is 2. The molecule has 0 atom stereocenters. The number of aryl methyl sites for hydroxylation is 2. The number of benzene rings is 1. The maximum Gasteiger partial charge on any atom is 0.252 e. The summed E-state index contributed by atoms with van der Waals surface area (Å²) in [6.07, 6.45) is 6.47. The number of nitrogens with one attached hydrogen (secondary N) is 1. The van der Waals surface area contributed by atoms with Crippen molar-refractivity contribution in [3.63, 3.8) is 0 Å². The Labute approximate surface area is 188 Å². The molecule has 1 fully saturated rings. The van der Waals surface area contributed by atoms with Gasteiger partial charge in [0.05, 0.1) is 6.61 Å². The number of hydrogen-bond acceptors (Lipinski definition) is 5. The van der Waals surface area contributed by atoms with Gasteiger partial charge in [-0.25, -0.2) is 4.39 Å². The van der Waals surface area contributed by atoms with E-state index >= 15 is 0 Å². The van der Waals surface area contributed by atoms with Gasteiger partial charge in [-0.2, -0.15) is 4.98 Å². The quantitative estimate of drug-likeness (QED) is 0.670. The first-order chi connectivity index (χ1) is 15.7. The Morgan fingerprint density at radius 2 is 1.91 bits per heavy atom. The molecular formula is C25H31FN4O2. The third-order valence-corrected chi connectivity index (χ3v) is 6.84. The van der Waals surface area contributed by atoms with Crippen LogP contribution in [0.5, 0.6) is 5.88 Å². The Balaban J connectivity index is 1.04. The summed E-state index contributed by atoms with van der Waals surface area (Å²) in [5.74, 6) is -0.128. The number of hydrogen-bond donors (Lipinski definition) is 1. The van der Waals surface area contributed by atoms with E-state index in [4.69, 9.17) is 4.74 Å². The molecule has 6 nitrogen and oxygen atoms in total. The average molecular weight is 439 g/mol. The molecule has 3 aliphatic rings. The summed E-state index contributed by atoms with van der Waals surface area (Å²) in [4.78, 5) is 20.8. The zero-order valence-corrected chi connectivity index (χ0v) is 18.5. The number of halogens is 1. The number of piperazine rings is 1. The highest BCUT2D eigenvalue weighted by atomic mass is 19.1. The zero-order chi connectivity index (χ0) is 21.9. The summed E-state index contributed by atoms with van der Waals surface area (Å²) in [6, 6.07) is 8.21. The molecule has 0 unspecified atom stereocenters. The molecule has 0 bridgehead atoms. The van der Waals surface area contributed by atoms with Gasteiger partial charge in [-0.15, -0.1) is 0 Å². The monoisotopic (exact) mass is 438 g/mol. The van der Waals surface area contributed by atoms with Gasteiger partial charge in [0.2, 0.25) is 5.91 Å². The minimum Gasteiger partial charge on any atom is -0.476 e. The largest absolute Gasteiger partial charge is 0.476 e. The number of amides is 1. The molecule has 0 radical (unpaired) electrons. The van der Waals surface area contributed by atoms with Crippen LogP contribution in [-0.4, -0.2) is 55.1 Å². The standard InChI is InChI=1S/C25H31FN4O2/c26-21-17-19-9-10-23(31)27-24(19)28-25(21)32-16-2-1-11-29-12-14-30(15-13-29)22-8-4-6-18-5-3-7-20(18)22/h4,6,8,17H,1-3,5,7,9-16H2,(H,27,28,31). The number of anilines is 2. The van der Waals surface area contributed by atoms with Crippen molar-refractivity contribution in [1.82, 2.24) is 9.88 Å². The molecule has 32 heavy (non-hydrogen) atoms. The zero-order valence-electron chi connectivity index (χ0n) is 18.5. The van der Waals surface area contributed by atoms with Crippen LogP contribution in [0.2, 0.25) is 0 Å². The molecule has 2 aromatic rings. The van der Waals surface area contributed by atoms with Crippen LogP contribution in [0.3, 0.4) is 0 Å². The van der Waals surface area contributed by atoms with E-state index in [2.05, 4.69) is 38.3 Å². The second-order valence-corrected chi connectivity index (χ2v) is 8.98. The molecule has 3 heterocycles. The minimum absolute atomic E-state index is 0.0186. The highest BCUT2D eigenvalue weighted by Crippen LogP contribution is 2.32. The van der Waals surface area contributed by atoms with Crippen molar-refractivity contribution in [1.29, 1.82) is 0 Å². The van der Waals surface area contributed by atoms with E-state index in [1.807, 2.05) is 0 Å². The Bertz CT molecular complexity index is 988. The lowest BCUT2D eigenvalue weighted by atomic mass is 10.1. The smallest absolute Gasteiger partial charge is 0.252 e. The maximum atomic E-state index is 14.2. The third-order valence-electron chi connectivity index (χ3n) is 6.84. The number of pyridine rings is 1. The molecule has 2 aliphatic heterocycles. The van der Waals surface area contributed by atoms with Crippen LogP contribution in [0.15, 0.2) is 24.3 Å². The van der Waals surface area contributed by atoms with Gasteiger partial charge in [0.25, 0.3) is 5.88 Å². The highest BCUT2D eigenvalue weighted by Gasteiger charge is 2.22. The van der Waals surface area contributed by atoms with Crippen LogP contribution in [-0.2, 0) is 24.1 Å². The lowest BCUT2D eigenvalue weighted by Gasteiger charge is -2.37. The first-order valence-electron chi connectivity index (χ1n) is 11.9. The van der Waals surface area contributed by atoms with Crippen LogP contribution in [0, 0.1) is 5.82 Å². The van der Waals surface area contributed by atoms with Gasteiger partial charge in [0.15, 0.2) is 5.82 Å². The average Bonchev–Trinajstić information content (AvgIpc) is 3.29. The van der Waals surface area contributed by atoms with Crippen LogP contribution in [0.1, 0.15) is 42.4 Å². The van der Waals surface area contributed by atoms with Crippen LogP contribution < -0.4 is 15.0 Å². The van der Waals surface area contributed by atoms with Crippen molar-refractivity contribution in [3.8, 4) is 5.88 Å². The normalized spacial score (nSPS) is 18.3. The predicted molar refractivity (Wildman–Crippen MR) is 123 cm³/mol. The molecule has 1 aromatic heterocycles. The number of rotatable bonds is 7. The van der Waals surface area contributed by atoms with Gasteiger partial charge in [-0.1, -0.05) is 12.1 Å². The van der Waals surface area contributed by atoms with Gasteiger partial charge in [-0.3, -0.25) is 9.69 Å². The van der Waals surface area contributed by atoms with E-state index in [-0.39, 0.29) is 11.8 Å². The second kappa shape index (κ2) is 9.45. The molecular weight excluding hydrogens is 407 g/mol. The summed E-state index contributed by atoms with van der Waals surface area (Å²) in [5, 5.41) is 2.69. The summed E-state index contributed by atoms with van der Waals surface area (Å²) < 4.78 is 19.8. The molecule has 0 saturated carbocycles. The van der Waals surface area contributed by atoms with Crippen LogP contribution >= 0.6 is 0 Å². The van der Waals surface area contributed by atoms with Crippen molar-refractivity contribution in [2.75, 3.05) is 49.5 Å². The molecule has 1 saturated heterocycles. The first kappa shape index (κ1) is 21.2. The molecule has 1 N–H and O–H groups in total. The number of ether oxygens (including phenoxy) is 1. The molecule has 5 rings (SSSR count). The van der Waals surface area contributed by atoms with Crippen LogP contribution in [0.25, 0.3) is 0 Å². The van der Waals surface area contributed by atoms with Crippen molar-refractivity contribution >= 4 is 17.4 Å². The molecule has 1 aliphatic carbocycles. The Morgan fingerprint density at radius 3 is 2.78 bits per heavy atom. The van der Waals surface area contributed by atoms with E-state index < -0.39 is 5.82 Å². The maximum absolute atomic E-state index is 14.2. The molecule has 7 heteroatoms. The second-order valence-electron chi connectivity index (χ2n) is 8.98. The number of aromatic nitrogens is 1. The summed E-state index contributed by atoms with van der Waals surface area (Å²) in [7, 11) is 0. The summed E-state index contributed by atoms with van der Waals surface area (Å²) in [5.41, 5.74) is 5.29. The minimum atomic E-state index is -0.455. The van der Waals surface area contributed by atoms with Gasteiger partial charge in [-0.05, 0) is 73.9 Å². The fourth-order valence-corrected chi connectivity index (χ4v) is 5.07. The van der Waals surface area contributed by atoms with Gasteiger partial charge < -0.3 is 15.0 Å². The van der Waals surface area contributed by atoms with E-state index in [9.17, 15) is 9.18 Å². The van der Waals surface area contributed by atoms with E-state index in [0.717, 1.165) is 51.1 Å². The van der Waals surface area contributed by atoms with E-state index in [0.29, 0.717) is 25.3 Å². The molecule has 0 spiro atoms. The third kappa shape index (κ3) is 4.58.